The summed E-state index contributed by atoms with van der Waals surface area (Å²) in [5, 5.41) is 6.39. The van der Waals surface area contributed by atoms with E-state index in [1.165, 1.54) is 6.08 Å². The molecule has 1 amide bonds. The van der Waals surface area contributed by atoms with E-state index in [-0.39, 0.29) is 12.0 Å². The highest BCUT2D eigenvalue weighted by Gasteiger charge is 2.13. The van der Waals surface area contributed by atoms with Gasteiger partial charge >= 0.3 is 0 Å². The minimum atomic E-state index is -0.166. The quantitative estimate of drug-likeness (QED) is 0.683. The van der Waals surface area contributed by atoms with Crippen molar-refractivity contribution < 1.29 is 14.3 Å². The SMILES string of the molecule is CC(C)Oc1cccc(C=CC(=O)Nc2ccc(NC3CCOCC3)cc2)c1. The smallest absolute Gasteiger partial charge is 0.248 e. The zero-order valence-corrected chi connectivity index (χ0v) is 16.5. The maximum atomic E-state index is 12.2. The van der Waals surface area contributed by atoms with Crippen LogP contribution in [0.5, 0.6) is 5.75 Å². The van der Waals surface area contributed by atoms with Crippen molar-refractivity contribution in [2.45, 2.75) is 38.8 Å². The van der Waals surface area contributed by atoms with Gasteiger partial charge in [0.25, 0.3) is 0 Å². The van der Waals surface area contributed by atoms with Crippen LogP contribution in [0.25, 0.3) is 6.08 Å². The van der Waals surface area contributed by atoms with Gasteiger partial charge in [0.1, 0.15) is 5.75 Å². The monoisotopic (exact) mass is 380 g/mol. The van der Waals surface area contributed by atoms with Crippen molar-refractivity contribution in [2.75, 3.05) is 23.8 Å². The second-order valence-corrected chi connectivity index (χ2v) is 7.17. The van der Waals surface area contributed by atoms with Crippen molar-refractivity contribution in [3.05, 3.63) is 60.2 Å². The van der Waals surface area contributed by atoms with E-state index in [9.17, 15) is 4.79 Å². The lowest BCUT2D eigenvalue weighted by atomic mass is 10.1. The number of nitrogens with one attached hydrogen (secondary N) is 2. The Balaban J connectivity index is 1.52. The van der Waals surface area contributed by atoms with Gasteiger partial charge in [-0.3, -0.25) is 4.79 Å². The van der Waals surface area contributed by atoms with Crippen LogP contribution in [0.4, 0.5) is 11.4 Å². The molecule has 0 aromatic heterocycles. The van der Waals surface area contributed by atoms with Crippen molar-refractivity contribution in [3.8, 4) is 5.75 Å². The molecule has 0 bridgehead atoms. The fraction of sp³-hybridized carbons (Fsp3) is 0.348. The summed E-state index contributed by atoms with van der Waals surface area (Å²) in [6.45, 7) is 5.59. The number of amides is 1. The third kappa shape index (κ3) is 6.43. The molecule has 2 N–H and O–H groups in total. The zero-order valence-electron chi connectivity index (χ0n) is 16.5. The molecule has 0 aliphatic carbocycles. The molecule has 2 aromatic carbocycles. The number of benzene rings is 2. The molecule has 0 atom stereocenters. The highest BCUT2D eigenvalue weighted by molar-refractivity contribution is 6.02. The van der Waals surface area contributed by atoms with E-state index in [0.717, 1.165) is 48.7 Å². The number of hydrogen-bond donors (Lipinski definition) is 2. The van der Waals surface area contributed by atoms with E-state index in [2.05, 4.69) is 10.6 Å². The van der Waals surface area contributed by atoms with Crippen molar-refractivity contribution in [1.29, 1.82) is 0 Å². The van der Waals surface area contributed by atoms with Crippen molar-refractivity contribution in [2.24, 2.45) is 0 Å². The van der Waals surface area contributed by atoms with Crippen LogP contribution in [-0.4, -0.2) is 31.3 Å². The molecule has 1 heterocycles. The zero-order chi connectivity index (χ0) is 19.8. The lowest BCUT2D eigenvalue weighted by Crippen LogP contribution is -2.27. The van der Waals surface area contributed by atoms with Gasteiger partial charge in [0.15, 0.2) is 0 Å². The van der Waals surface area contributed by atoms with Gasteiger partial charge in [0.05, 0.1) is 6.10 Å². The highest BCUT2D eigenvalue weighted by atomic mass is 16.5. The fourth-order valence-electron chi connectivity index (χ4n) is 3.05. The summed E-state index contributed by atoms with van der Waals surface area (Å²) in [6.07, 6.45) is 5.47. The molecule has 0 saturated carbocycles. The van der Waals surface area contributed by atoms with Gasteiger partial charge in [0.2, 0.25) is 5.91 Å². The van der Waals surface area contributed by atoms with Gasteiger partial charge in [-0.05, 0) is 74.7 Å². The van der Waals surface area contributed by atoms with E-state index >= 15 is 0 Å². The van der Waals surface area contributed by atoms with E-state index in [1.807, 2.05) is 62.4 Å². The number of ether oxygens (including phenoxy) is 2. The molecule has 5 nitrogen and oxygen atoms in total. The molecular formula is C23H28N2O3. The Hall–Kier alpha value is -2.79. The molecule has 0 radical (unpaired) electrons. The van der Waals surface area contributed by atoms with Crippen LogP contribution in [0.15, 0.2) is 54.6 Å². The molecule has 1 aliphatic heterocycles. The number of carbonyl (C=O) groups is 1. The maximum absolute atomic E-state index is 12.2. The highest BCUT2D eigenvalue weighted by Crippen LogP contribution is 2.19. The van der Waals surface area contributed by atoms with Crippen LogP contribution in [0.2, 0.25) is 0 Å². The summed E-state index contributed by atoms with van der Waals surface area (Å²) in [4.78, 5) is 12.2. The van der Waals surface area contributed by atoms with Gasteiger partial charge in [-0.2, -0.15) is 0 Å². The first kappa shape index (κ1) is 20.0. The number of carbonyl (C=O) groups excluding carboxylic acids is 1. The summed E-state index contributed by atoms with van der Waals surface area (Å²) in [6, 6.07) is 15.9. The average molecular weight is 380 g/mol. The van der Waals surface area contributed by atoms with Crippen LogP contribution in [0, 0.1) is 0 Å². The minimum Gasteiger partial charge on any atom is -0.491 e. The molecule has 28 heavy (non-hydrogen) atoms. The number of rotatable bonds is 7. The summed E-state index contributed by atoms with van der Waals surface area (Å²) >= 11 is 0. The predicted octanol–water partition coefficient (Wildman–Crippen LogP) is 4.72. The van der Waals surface area contributed by atoms with Crippen LogP contribution >= 0.6 is 0 Å². The molecule has 148 valence electrons. The first-order valence-corrected chi connectivity index (χ1v) is 9.78. The van der Waals surface area contributed by atoms with E-state index < -0.39 is 0 Å². The largest absolute Gasteiger partial charge is 0.491 e. The van der Waals surface area contributed by atoms with Gasteiger partial charge in [-0.1, -0.05) is 12.1 Å². The van der Waals surface area contributed by atoms with Crippen molar-refractivity contribution >= 4 is 23.4 Å². The lowest BCUT2D eigenvalue weighted by Gasteiger charge is -2.24. The number of hydrogen-bond acceptors (Lipinski definition) is 4. The molecule has 0 unspecified atom stereocenters. The van der Waals surface area contributed by atoms with Crippen molar-refractivity contribution in [3.63, 3.8) is 0 Å². The van der Waals surface area contributed by atoms with Gasteiger partial charge in [-0.15, -0.1) is 0 Å². The summed E-state index contributed by atoms with van der Waals surface area (Å²) in [5.74, 6) is 0.630. The Kier molecular flexibility index (Phi) is 7.09. The first-order chi connectivity index (χ1) is 13.6. The molecule has 1 saturated heterocycles. The van der Waals surface area contributed by atoms with Gasteiger partial charge in [0, 0.05) is 36.7 Å². The minimum absolute atomic E-state index is 0.117. The van der Waals surface area contributed by atoms with Crippen LogP contribution in [0.1, 0.15) is 32.3 Å². The fourth-order valence-corrected chi connectivity index (χ4v) is 3.05. The summed E-state index contributed by atoms with van der Waals surface area (Å²) in [7, 11) is 0. The molecular weight excluding hydrogens is 352 g/mol. The van der Waals surface area contributed by atoms with Gasteiger partial charge in [-0.25, -0.2) is 0 Å². The Morgan fingerprint density at radius 1 is 1.11 bits per heavy atom. The van der Waals surface area contributed by atoms with Crippen LogP contribution in [-0.2, 0) is 9.53 Å². The Labute approximate surface area is 166 Å². The molecule has 3 rings (SSSR count). The lowest BCUT2D eigenvalue weighted by molar-refractivity contribution is -0.111. The Morgan fingerprint density at radius 2 is 1.82 bits per heavy atom. The Morgan fingerprint density at radius 3 is 2.54 bits per heavy atom. The second kappa shape index (κ2) is 9.95. The summed E-state index contributed by atoms with van der Waals surface area (Å²) in [5.41, 5.74) is 2.75. The van der Waals surface area contributed by atoms with Crippen LogP contribution < -0.4 is 15.4 Å². The van der Waals surface area contributed by atoms with E-state index in [1.54, 1.807) is 6.08 Å². The topological polar surface area (TPSA) is 59.6 Å². The standard InChI is InChI=1S/C23H28N2O3/c1-17(2)28-22-5-3-4-18(16-22)6-11-23(26)25-20-9-7-19(8-10-20)24-21-12-14-27-15-13-21/h3-11,16-17,21,24H,12-15H2,1-2H3,(H,25,26). The second-order valence-electron chi connectivity index (χ2n) is 7.17. The maximum Gasteiger partial charge on any atom is 0.248 e. The van der Waals surface area contributed by atoms with Gasteiger partial charge < -0.3 is 20.1 Å². The third-order valence-electron chi connectivity index (χ3n) is 4.40. The molecule has 2 aromatic rings. The molecule has 1 fully saturated rings. The molecule has 1 aliphatic rings. The molecule has 5 heteroatoms. The third-order valence-corrected chi connectivity index (χ3v) is 4.40. The predicted molar refractivity (Wildman–Crippen MR) is 114 cm³/mol. The molecule has 0 spiro atoms. The Bertz CT molecular complexity index is 794. The van der Waals surface area contributed by atoms with E-state index in [0.29, 0.717) is 6.04 Å². The van der Waals surface area contributed by atoms with Crippen LogP contribution in [0.3, 0.4) is 0 Å². The van der Waals surface area contributed by atoms with Crippen molar-refractivity contribution in [1.82, 2.24) is 0 Å². The first-order valence-electron chi connectivity index (χ1n) is 9.78. The average Bonchev–Trinajstić information content (AvgIpc) is 2.69. The van der Waals surface area contributed by atoms with E-state index in [4.69, 9.17) is 9.47 Å². The summed E-state index contributed by atoms with van der Waals surface area (Å²) < 4.78 is 11.1. The number of anilines is 2. The normalized spacial score (nSPS) is 15.0.